The van der Waals surface area contributed by atoms with Gasteiger partial charge in [0.25, 0.3) is 11.8 Å². The van der Waals surface area contributed by atoms with Crippen LogP contribution in [0.5, 0.6) is 0 Å². The van der Waals surface area contributed by atoms with E-state index in [1.165, 1.54) is 18.3 Å². The smallest absolute Gasteiger partial charge is 0.267 e. The highest BCUT2D eigenvalue weighted by Crippen LogP contribution is 2.41. The van der Waals surface area contributed by atoms with Gasteiger partial charge in [-0.15, -0.1) is 0 Å². The number of pyridine rings is 1. The highest BCUT2D eigenvalue weighted by molar-refractivity contribution is 5.94. The summed E-state index contributed by atoms with van der Waals surface area (Å²) in [4.78, 5) is 30.9. The summed E-state index contributed by atoms with van der Waals surface area (Å²) in [5, 5.41) is 3.69. The molecule has 0 bridgehead atoms. The van der Waals surface area contributed by atoms with E-state index in [4.69, 9.17) is 4.52 Å². The Balaban J connectivity index is 1.92. The summed E-state index contributed by atoms with van der Waals surface area (Å²) in [7, 11) is 0. The Labute approximate surface area is 129 Å². The average Bonchev–Trinajstić information content (AvgIpc) is 3.11. The molecule has 1 amide bonds. The summed E-state index contributed by atoms with van der Waals surface area (Å²) in [6.45, 7) is 1.07. The van der Waals surface area contributed by atoms with Gasteiger partial charge in [-0.3, -0.25) is 9.59 Å². The van der Waals surface area contributed by atoms with Crippen molar-refractivity contribution in [3.63, 3.8) is 0 Å². The second-order valence-corrected chi connectivity index (χ2v) is 5.35. The zero-order chi connectivity index (χ0) is 16.6. The highest BCUT2D eigenvalue weighted by Gasteiger charge is 2.50. The van der Waals surface area contributed by atoms with Gasteiger partial charge in [0.05, 0.1) is 12.1 Å². The number of hydrogen-bond donors (Lipinski definition) is 1. The van der Waals surface area contributed by atoms with Gasteiger partial charge in [0.2, 0.25) is 11.4 Å². The van der Waals surface area contributed by atoms with Crippen LogP contribution in [-0.2, 0) is 6.42 Å². The Kier molecular flexibility index (Phi) is 3.70. The molecule has 1 fully saturated rings. The van der Waals surface area contributed by atoms with E-state index in [9.17, 15) is 18.4 Å². The minimum absolute atomic E-state index is 0.00296. The lowest BCUT2D eigenvalue weighted by molar-refractivity contribution is 0.0117. The number of nitrogens with zero attached hydrogens (tertiary/aromatic N) is 3. The van der Waals surface area contributed by atoms with Gasteiger partial charge in [-0.2, -0.15) is 4.98 Å². The molecule has 0 aliphatic carbocycles. The molecule has 0 radical (unpaired) electrons. The van der Waals surface area contributed by atoms with Crippen molar-refractivity contribution in [2.24, 2.45) is 0 Å². The Morgan fingerprint density at radius 3 is 2.91 bits per heavy atom. The maximum Gasteiger partial charge on any atom is 0.267 e. The second-order valence-electron chi connectivity index (χ2n) is 5.35. The number of aromatic amines is 1. The van der Waals surface area contributed by atoms with Crippen molar-refractivity contribution >= 4 is 5.91 Å². The number of aryl methyl sites for hydroxylation is 1. The average molecular weight is 324 g/mol. The number of carbonyl (C=O) groups excluding carboxylic acids is 1. The summed E-state index contributed by atoms with van der Waals surface area (Å²) in [5.74, 6) is -3.27. The molecule has 0 saturated carbocycles. The monoisotopic (exact) mass is 324 g/mol. The highest BCUT2D eigenvalue weighted by atomic mass is 19.3. The van der Waals surface area contributed by atoms with Crippen LogP contribution >= 0.6 is 0 Å². The maximum absolute atomic E-state index is 13.8. The van der Waals surface area contributed by atoms with Crippen molar-refractivity contribution in [2.45, 2.75) is 31.7 Å². The van der Waals surface area contributed by atoms with Crippen LogP contribution in [0.1, 0.15) is 41.5 Å². The summed E-state index contributed by atoms with van der Waals surface area (Å²) in [6.07, 6.45) is 1.12. The molecule has 3 rings (SSSR count). The molecule has 1 atom stereocenters. The Morgan fingerprint density at radius 2 is 2.30 bits per heavy atom. The van der Waals surface area contributed by atoms with Crippen LogP contribution in [0, 0.1) is 0 Å². The van der Waals surface area contributed by atoms with Crippen LogP contribution in [0.3, 0.4) is 0 Å². The summed E-state index contributed by atoms with van der Waals surface area (Å²) in [6, 6.07) is 1.47. The van der Waals surface area contributed by atoms with Gasteiger partial charge >= 0.3 is 0 Å². The number of H-pyrrole nitrogens is 1. The molecule has 23 heavy (non-hydrogen) atoms. The minimum Gasteiger partial charge on any atom is -0.337 e. The molecule has 1 saturated heterocycles. The lowest BCUT2D eigenvalue weighted by Gasteiger charge is -2.21. The lowest BCUT2D eigenvalue weighted by atomic mass is 10.1. The van der Waals surface area contributed by atoms with Crippen molar-refractivity contribution in [1.29, 1.82) is 0 Å². The van der Waals surface area contributed by atoms with E-state index in [2.05, 4.69) is 15.1 Å². The molecule has 0 aromatic carbocycles. The van der Waals surface area contributed by atoms with E-state index in [0.29, 0.717) is 12.2 Å². The molecule has 122 valence electrons. The quantitative estimate of drug-likeness (QED) is 0.924. The summed E-state index contributed by atoms with van der Waals surface area (Å²) < 4.78 is 32.7. The van der Waals surface area contributed by atoms with Crippen LogP contribution in [0.2, 0.25) is 0 Å². The first-order valence-electron chi connectivity index (χ1n) is 7.09. The number of aromatic nitrogens is 3. The fourth-order valence-corrected chi connectivity index (χ4v) is 2.51. The van der Waals surface area contributed by atoms with E-state index in [1.54, 1.807) is 6.92 Å². The number of alkyl halides is 2. The lowest BCUT2D eigenvalue weighted by Crippen LogP contribution is -2.33. The molecule has 2 aromatic heterocycles. The van der Waals surface area contributed by atoms with Crippen LogP contribution in [0.4, 0.5) is 8.78 Å². The third kappa shape index (κ3) is 2.99. The van der Waals surface area contributed by atoms with Gasteiger partial charge in [-0.1, -0.05) is 12.1 Å². The standard InChI is InChI=1S/C14H14F2N4O3/c1-2-10-18-12(23-19-10)9-5-14(15,16)7-20(9)13(22)8-3-4-11(21)17-6-8/h3-4,6,9H,2,5,7H2,1H3,(H,17,21)/t9-/m0/s1. The number of likely N-dealkylation sites (tertiary alicyclic amines) is 1. The fourth-order valence-electron chi connectivity index (χ4n) is 2.51. The molecule has 9 heteroatoms. The first-order chi connectivity index (χ1) is 10.9. The zero-order valence-corrected chi connectivity index (χ0v) is 12.3. The Morgan fingerprint density at radius 1 is 1.52 bits per heavy atom. The maximum atomic E-state index is 13.8. The largest absolute Gasteiger partial charge is 0.337 e. The molecular weight excluding hydrogens is 310 g/mol. The Hall–Kier alpha value is -2.58. The SMILES string of the molecule is CCc1noc([C@@H]2CC(F)(F)CN2C(=O)c2ccc(=O)[nH]c2)n1. The number of carbonyl (C=O) groups is 1. The van der Waals surface area contributed by atoms with E-state index < -0.39 is 30.8 Å². The topological polar surface area (TPSA) is 92.1 Å². The molecule has 0 unspecified atom stereocenters. The third-order valence-electron chi connectivity index (χ3n) is 3.65. The predicted molar refractivity (Wildman–Crippen MR) is 74.1 cm³/mol. The third-order valence-corrected chi connectivity index (χ3v) is 3.65. The van der Waals surface area contributed by atoms with E-state index in [1.807, 2.05) is 0 Å². The molecule has 2 aromatic rings. The Bertz CT molecular complexity index is 766. The number of amides is 1. The zero-order valence-electron chi connectivity index (χ0n) is 12.3. The van der Waals surface area contributed by atoms with Gasteiger partial charge < -0.3 is 14.4 Å². The van der Waals surface area contributed by atoms with Gasteiger partial charge in [0.15, 0.2) is 5.82 Å². The normalized spacial score (nSPS) is 20.0. The van der Waals surface area contributed by atoms with E-state index in [-0.39, 0.29) is 17.0 Å². The molecule has 1 aliphatic heterocycles. The van der Waals surface area contributed by atoms with E-state index >= 15 is 0 Å². The predicted octanol–water partition coefficient (Wildman–Crippen LogP) is 1.54. The van der Waals surface area contributed by atoms with Crippen molar-refractivity contribution in [3.8, 4) is 0 Å². The molecular formula is C14H14F2N4O3. The van der Waals surface area contributed by atoms with Crippen LogP contribution in [-0.4, -0.2) is 38.4 Å². The molecule has 1 aliphatic rings. The van der Waals surface area contributed by atoms with E-state index in [0.717, 1.165) is 4.90 Å². The number of hydrogen-bond acceptors (Lipinski definition) is 5. The van der Waals surface area contributed by atoms with Crippen molar-refractivity contribution in [3.05, 3.63) is 46.0 Å². The van der Waals surface area contributed by atoms with Crippen LogP contribution in [0.15, 0.2) is 27.6 Å². The van der Waals surface area contributed by atoms with Gasteiger partial charge in [-0.25, -0.2) is 8.78 Å². The number of nitrogens with one attached hydrogen (secondary N) is 1. The molecule has 1 N–H and O–H groups in total. The molecule has 0 spiro atoms. The first-order valence-corrected chi connectivity index (χ1v) is 7.09. The fraction of sp³-hybridized carbons (Fsp3) is 0.429. The molecule has 7 nitrogen and oxygen atoms in total. The number of halogens is 2. The summed E-state index contributed by atoms with van der Waals surface area (Å²) >= 11 is 0. The summed E-state index contributed by atoms with van der Waals surface area (Å²) in [5.41, 5.74) is -0.267. The van der Waals surface area contributed by atoms with Crippen molar-refractivity contribution in [2.75, 3.05) is 6.54 Å². The first kappa shape index (κ1) is 15.3. The number of rotatable bonds is 3. The second kappa shape index (κ2) is 5.56. The van der Waals surface area contributed by atoms with Crippen LogP contribution < -0.4 is 5.56 Å². The van der Waals surface area contributed by atoms with Gasteiger partial charge in [-0.05, 0) is 6.07 Å². The van der Waals surface area contributed by atoms with Crippen molar-refractivity contribution in [1.82, 2.24) is 20.0 Å². The minimum atomic E-state index is -3.04. The molecule has 3 heterocycles. The van der Waals surface area contributed by atoms with Crippen molar-refractivity contribution < 1.29 is 18.1 Å². The van der Waals surface area contributed by atoms with Gasteiger partial charge in [0.1, 0.15) is 6.04 Å². The van der Waals surface area contributed by atoms with Gasteiger partial charge in [0, 0.05) is 25.1 Å². The van der Waals surface area contributed by atoms with Crippen LogP contribution in [0.25, 0.3) is 0 Å².